The molecule has 0 aliphatic carbocycles. The molecule has 94 valence electrons. The summed E-state index contributed by atoms with van der Waals surface area (Å²) in [6.07, 6.45) is 1.30. The van der Waals surface area contributed by atoms with Crippen LogP contribution in [0.3, 0.4) is 0 Å². The lowest BCUT2D eigenvalue weighted by atomic mass is 9.91. The lowest BCUT2D eigenvalue weighted by molar-refractivity contribution is 0.274. The number of rotatable bonds is 3. The van der Waals surface area contributed by atoms with Crippen LogP contribution < -0.4 is 5.32 Å². The minimum atomic E-state index is 0.584. The van der Waals surface area contributed by atoms with E-state index >= 15 is 0 Å². The molecule has 0 saturated carbocycles. The van der Waals surface area contributed by atoms with Crippen molar-refractivity contribution in [2.75, 3.05) is 27.2 Å². The Kier molecular flexibility index (Phi) is 3.85. The first kappa shape index (κ1) is 12.6. The third kappa shape index (κ3) is 2.70. The van der Waals surface area contributed by atoms with Gasteiger partial charge in [-0.1, -0.05) is 29.3 Å². The second-order valence-electron chi connectivity index (χ2n) is 5.45. The zero-order chi connectivity index (χ0) is 12.4. The maximum absolute atomic E-state index is 3.33. The van der Waals surface area contributed by atoms with Gasteiger partial charge in [-0.3, -0.25) is 4.90 Å². The van der Waals surface area contributed by atoms with E-state index in [2.05, 4.69) is 56.4 Å². The fraction of sp³-hybridized carbons (Fsp3) is 0.600. The monoisotopic (exact) mass is 232 g/mol. The Hall–Kier alpha value is -0.860. The maximum Gasteiger partial charge on any atom is 0.0386 e. The van der Waals surface area contributed by atoms with Crippen LogP contribution in [0.5, 0.6) is 0 Å². The van der Waals surface area contributed by atoms with E-state index in [4.69, 9.17) is 0 Å². The average Bonchev–Trinajstić information content (AvgIpc) is 2.59. The fourth-order valence-corrected chi connectivity index (χ4v) is 3.21. The van der Waals surface area contributed by atoms with Gasteiger partial charge in [0.25, 0.3) is 0 Å². The van der Waals surface area contributed by atoms with Crippen molar-refractivity contribution in [2.45, 2.75) is 26.3 Å². The van der Waals surface area contributed by atoms with E-state index < -0.39 is 0 Å². The summed E-state index contributed by atoms with van der Waals surface area (Å²) in [5, 5.41) is 3.33. The van der Waals surface area contributed by atoms with Gasteiger partial charge in [0.15, 0.2) is 0 Å². The van der Waals surface area contributed by atoms with E-state index in [0.717, 1.165) is 12.5 Å². The minimum Gasteiger partial charge on any atom is -0.319 e. The van der Waals surface area contributed by atoms with Crippen LogP contribution in [0.1, 0.15) is 29.2 Å². The van der Waals surface area contributed by atoms with Gasteiger partial charge in [0.05, 0.1) is 0 Å². The topological polar surface area (TPSA) is 15.3 Å². The Bertz CT molecular complexity index is 364. The van der Waals surface area contributed by atoms with E-state index in [-0.39, 0.29) is 0 Å². The van der Waals surface area contributed by atoms with Gasteiger partial charge in [0.1, 0.15) is 0 Å². The summed E-state index contributed by atoms with van der Waals surface area (Å²) in [7, 11) is 4.30. The molecule has 2 nitrogen and oxygen atoms in total. The second kappa shape index (κ2) is 5.19. The number of likely N-dealkylation sites (tertiary alicyclic amines) is 1. The lowest BCUT2D eigenvalue weighted by Crippen LogP contribution is -2.26. The van der Waals surface area contributed by atoms with Crippen LogP contribution in [0.4, 0.5) is 0 Å². The molecule has 0 radical (unpaired) electrons. The fourth-order valence-electron chi connectivity index (χ4n) is 3.21. The highest BCUT2D eigenvalue weighted by atomic mass is 15.2. The van der Waals surface area contributed by atoms with Gasteiger partial charge in [0.2, 0.25) is 0 Å². The number of nitrogens with one attached hydrogen (secondary N) is 1. The number of hydrogen-bond acceptors (Lipinski definition) is 2. The van der Waals surface area contributed by atoms with E-state index in [1.165, 1.54) is 29.7 Å². The van der Waals surface area contributed by atoms with Crippen LogP contribution in [0.15, 0.2) is 18.2 Å². The predicted octanol–water partition coefficient (Wildman–Crippen LogP) is 2.52. The van der Waals surface area contributed by atoms with Crippen molar-refractivity contribution in [1.29, 1.82) is 0 Å². The van der Waals surface area contributed by atoms with Gasteiger partial charge < -0.3 is 5.32 Å². The van der Waals surface area contributed by atoms with E-state index in [9.17, 15) is 0 Å². The number of hydrogen-bond donors (Lipinski definition) is 1. The Morgan fingerprint density at radius 2 is 1.88 bits per heavy atom. The molecule has 0 amide bonds. The van der Waals surface area contributed by atoms with Gasteiger partial charge in [-0.25, -0.2) is 0 Å². The smallest absolute Gasteiger partial charge is 0.0386 e. The van der Waals surface area contributed by atoms with Crippen molar-refractivity contribution >= 4 is 0 Å². The molecule has 1 aromatic carbocycles. The molecule has 17 heavy (non-hydrogen) atoms. The van der Waals surface area contributed by atoms with Gasteiger partial charge in [-0.05, 0) is 58.9 Å². The van der Waals surface area contributed by atoms with Gasteiger partial charge in [-0.15, -0.1) is 0 Å². The summed E-state index contributed by atoms with van der Waals surface area (Å²) in [6.45, 7) is 6.71. The molecule has 0 bridgehead atoms. The summed E-state index contributed by atoms with van der Waals surface area (Å²) < 4.78 is 0. The van der Waals surface area contributed by atoms with Crippen LogP contribution in [0.2, 0.25) is 0 Å². The van der Waals surface area contributed by atoms with E-state index in [1.807, 2.05) is 0 Å². The summed E-state index contributed by atoms with van der Waals surface area (Å²) in [4.78, 5) is 2.50. The first-order valence-electron chi connectivity index (χ1n) is 6.55. The van der Waals surface area contributed by atoms with Gasteiger partial charge in [-0.2, -0.15) is 0 Å². The molecule has 1 saturated heterocycles. The number of aryl methyl sites for hydroxylation is 2. The zero-order valence-electron chi connectivity index (χ0n) is 11.5. The quantitative estimate of drug-likeness (QED) is 0.861. The molecule has 2 atom stereocenters. The maximum atomic E-state index is 3.33. The number of benzene rings is 1. The van der Waals surface area contributed by atoms with Crippen LogP contribution in [0, 0.1) is 19.8 Å². The highest BCUT2D eigenvalue weighted by Crippen LogP contribution is 2.36. The lowest BCUT2D eigenvalue weighted by Gasteiger charge is -2.26. The Morgan fingerprint density at radius 3 is 2.47 bits per heavy atom. The third-order valence-electron chi connectivity index (χ3n) is 3.83. The zero-order valence-corrected chi connectivity index (χ0v) is 11.5. The largest absolute Gasteiger partial charge is 0.319 e. The highest BCUT2D eigenvalue weighted by molar-refractivity contribution is 5.31. The number of nitrogens with zero attached hydrogens (tertiary/aromatic N) is 1. The molecule has 1 aliphatic heterocycles. The van der Waals surface area contributed by atoms with E-state index in [1.54, 1.807) is 0 Å². The molecule has 2 unspecified atom stereocenters. The molecular formula is C15H24N2. The summed E-state index contributed by atoms with van der Waals surface area (Å²) in [5.74, 6) is 0.742. The van der Waals surface area contributed by atoms with Crippen molar-refractivity contribution < 1.29 is 0 Å². The molecule has 1 aliphatic rings. The molecule has 0 spiro atoms. The average molecular weight is 232 g/mol. The van der Waals surface area contributed by atoms with Crippen molar-refractivity contribution in [3.63, 3.8) is 0 Å². The first-order valence-corrected chi connectivity index (χ1v) is 6.55. The van der Waals surface area contributed by atoms with Crippen molar-refractivity contribution in [3.8, 4) is 0 Å². The minimum absolute atomic E-state index is 0.584. The van der Waals surface area contributed by atoms with Crippen LogP contribution in [-0.4, -0.2) is 32.1 Å². The third-order valence-corrected chi connectivity index (χ3v) is 3.83. The Balaban J connectivity index is 2.29. The van der Waals surface area contributed by atoms with Crippen molar-refractivity contribution in [1.82, 2.24) is 10.2 Å². The Morgan fingerprint density at radius 1 is 1.24 bits per heavy atom. The molecule has 1 aromatic rings. The highest BCUT2D eigenvalue weighted by Gasteiger charge is 2.32. The van der Waals surface area contributed by atoms with Crippen LogP contribution >= 0.6 is 0 Å². The molecular weight excluding hydrogens is 208 g/mol. The normalized spacial score (nSPS) is 25.4. The summed E-state index contributed by atoms with van der Waals surface area (Å²) in [5.41, 5.74) is 4.25. The summed E-state index contributed by atoms with van der Waals surface area (Å²) in [6, 6.07) is 7.54. The molecule has 2 rings (SSSR count). The molecule has 0 aromatic heterocycles. The first-order chi connectivity index (χ1) is 8.11. The Labute approximate surface area is 105 Å². The summed E-state index contributed by atoms with van der Waals surface area (Å²) >= 11 is 0. The van der Waals surface area contributed by atoms with Crippen LogP contribution in [-0.2, 0) is 0 Å². The SMILES string of the molecule is CNCC1CCN(C)C1c1cc(C)cc(C)c1. The van der Waals surface area contributed by atoms with Crippen LogP contribution in [0.25, 0.3) is 0 Å². The molecule has 1 heterocycles. The molecule has 1 N–H and O–H groups in total. The van der Waals surface area contributed by atoms with Gasteiger partial charge >= 0.3 is 0 Å². The van der Waals surface area contributed by atoms with Gasteiger partial charge in [0, 0.05) is 6.04 Å². The predicted molar refractivity (Wildman–Crippen MR) is 73.3 cm³/mol. The van der Waals surface area contributed by atoms with Crippen molar-refractivity contribution in [3.05, 3.63) is 34.9 Å². The molecule has 1 fully saturated rings. The molecule has 2 heteroatoms. The van der Waals surface area contributed by atoms with E-state index in [0.29, 0.717) is 6.04 Å². The second-order valence-corrected chi connectivity index (χ2v) is 5.45. The standard InChI is InChI=1S/C15H24N2/c1-11-7-12(2)9-14(8-11)15-13(10-16-3)5-6-17(15)4/h7-9,13,15-16H,5-6,10H2,1-4H3. The van der Waals surface area contributed by atoms with Crippen molar-refractivity contribution in [2.24, 2.45) is 5.92 Å².